The summed E-state index contributed by atoms with van der Waals surface area (Å²) < 4.78 is 13.0. The van der Waals surface area contributed by atoms with Gasteiger partial charge in [-0.05, 0) is 68.3 Å². The monoisotopic (exact) mass is 558 g/mol. The van der Waals surface area contributed by atoms with Gasteiger partial charge in [0.15, 0.2) is 5.17 Å². The average Bonchev–Trinajstić information content (AvgIpc) is 3.58. The molecule has 2 aliphatic heterocycles. The first-order chi connectivity index (χ1) is 19.6. The van der Waals surface area contributed by atoms with E-state index >= 15 is 0 Å². The van der Waals surface area contributed by atoms with E-state index in [0.717, 1.165) is 41.1 Å². The van der Waals surface area contributed by atoms with Crippen molar-refractivity contribution in [1.29, 1.82) is 0 Å². The van der Waals surface area contributed by atoms with Crippen molar-refractivity contribution in [2.45, 2.75) is 39.5 Å². The van der Waals surface area contributed by atoms with Crippen molar-refractivity contribution in [3.63, 3.8) is 0 Å². The number of esters is 1. The molecule has 208 valence electrons. The molecule has 8 nitrogen and oxygen atoms in total. The van der Waals surface area contributed by atoms with Crippen LogP contribution >= 0.6 is 11.8 Å². The second-order valence-corrected chi connectivity index (χ2v) is 10.8. The second kappa shape index (κ2) is 13.0. The van der Waals surface area contributed by atoms with Crippen LogP contribution < -0.4 is 4.74 Å². The minimum atomic E-state index is -0.262. The standard InChI is InChI=1S/C31H34N4O4S/c1-3-5-18-39-26-13-9-10-23(19-26)28-24(21-35(33-28)25-11-7-6-8-12-25)20-27-29(36)32-31(40-27)34-16-14-22(15-17-34)30(37)38-4-2/h6-13,19-22H,3-5,14-18H2,1-2H3/b27-20-. The number of aliphatic imine (C=N–C) groups is 1. The number of nitrogens with zero attached hydrogens (tertiary/aromatic N) is 4. The molecule has 5 rings (SSSR count). The van der Waals surface area contributed by atoms with E-state index in [4.69, 9.17) is 14.6 Å². The third-order valence-electron chi connectivity index (χ3n) is 6.92. The molecule has 3 aromatic rings. The van der Waals surface area contributed by atoms with E-state index in [9.17, 15) is 9.59 Å². The first kappa shape index (κ1) is 27.7. The number of carbonyl (C=O) groups is 2. The molecule has 0 radical (unpaired) electrons. The number of piperidine rings is 1. The van der Waals surface area contributed by atoms with Crippen LogP contribution in [-0.2, 0) is 14.3 Å². The van der Waals surface area contributed by atoms with Gasteiger partial charge in [-0.25, -0.2) is 4.68 Å². The Hall–Kier alpha value is -3.85. The third-order valence-corrected chi connectivity index (χ3v) is 7.96. The highest BCUT2D eigenvalue weighted by Crippen LogP contribution is 2.35. The van der Waals surface area contributed by atoms with Crippen LogP contribution in [0.3, 0.4) is 0 Å². The zero-order valence-electron chi connectivity index (χ0n) is 22.9. The molecule has 3 heterocycles. The molecule has 2 aromatic carbocycles. The Bertz CT molecular complexity index is 1410. The van der Waals surface area contributed by atoms with E-state index in [1.807, 2.05) is 78.5 Å². The fraction of sp³-hybridized carbons (Fsp3) is 0.355. The van der Waals surface area contributed by atoms with Crippen LogP contribution in [-0.4, -0.2) is 58.0 Å². The Morgan fingerprint density at radius 2 is 1.90 bits per heavy atom. The van der Waals surface area contributed by atoms with Crippen molar-refractivity contribution in [3.8, 4) is 22.7 Å². The lowest BCUT2D eigenvalue weighted by Gasteiger charge is -2.31. The number of carbonyl (C=O) groups excluding carboxylic acids is 2. The number of likely N-dealkylation sites (tertiary alicyclic amines) is 1. The number of amides is 1. The molecule has 9 heteroatoms. The molecule has 0 atom stereocenters. The highest BCUT2D eigenvalue weighted by molar-refractivity contribution is 8.18. The van der Waals surface area contributed by atoms with E-state index in [2.05, 4.69) is 16.8 Å². The molecule has 1 fully saturated rings. The summed E-state index contributed by atoms with van der Waals surface area (Å²) in [5.74, 6) is 0.300. The Labute approximate surface area is 239 Å². The molecule has 0 bridgehead atoms. The lowest BCUT2D eigenvalue weighted by Crippen LogP contribution is -2.39. The predicted octanol–water partition coefficient (Wildman–Crippen LogP) is 5.96. The van der Waals surface area contributed by atoms with Crippen LogP contribution in [0.15, 0.2) is 70.7 Å². The van der Waals surface area contributed by atoms with Gasteiger partial charge in [0.1, 0.15) is 11.4 Å². The largest absolute Gasteiger partial charge is 0.494 e. The molecular formula is C31H34N4O4S. The van der Waals surface area contributed by atoms with Gasteiger partial charge in [-0.3, -0.25) is 9.59 Å². The number of aromatic nitrogens is 2. The van der Waals surface area contributed by atoms with Gasteiger partial charge in [0.2, 0.25) is 0 Å². The smallest absolute Gasteiger partial charge is 0.309 e. The zero-order chi connectivity index (χ0) is 27.9. The average molecular weight is 559 g/mol. The minimum absolute atomic E-state index is 0.0954. The van der Waals surface area contributed by atoms with Gasteiger partial charge < -0.3 is 14.4 Å². The number of thioether (sulfide) groups is 1. The van der Waals surface area contributed by atoms with E-state index in [1.165, 1.54) is 11.8 Å². The lowest BCUT2D eigenvalue weighted by atomic mass is 9.97. The number of benzene rings is 2. The van der Waals surface area contributed by atoms with Gasteiger partial charge in [-0.1, -0.05) is 43.7 Å². The fourth-order valence-corrected chi connectivity index (χ4v) is 5.69. The second-order valence-electron chi connectivity index (χ2n) is 9.77. The highest BCUT2D eigenvalue weighted by Gasteiger charge is 2.32. The number of hydrogen-bond acceptors (Lipinski definition) is 7. The number of para-hydroxylation sites is 1. The molecule has 1 saturated heterocycles. The number of rotatable bonds is 9. The highest BCUT2D eigenvalue weighted by atomic mass is 32.2. The van der Waals surface area contributed by atoms with Crippen molar-refractivity contribution in [2.24, 2.45) is 10.9 Å². The Morgan fingerprint density at radius 1 is 1.10 bits per heavy atom. The van der Waals surface area contributed by atoms with Crippen LogP contribution in [0.4, 0.5) is 0 Å². The molecule has 0 unspecified atom stereocenters. The lowest BCUT2D eigenvalue weighted by molar-refractivity contribution is -0.149. The number of unbranched alkanes of at least 4 members (excludes halogenated alkanes) is 1. The van der Waals surface area contributed by atoms with Gasteiger partial charge in [0.05, 0.1) is 29.7 Å². The first-order valence-corrected chi connectivity index (χ1v) is 14.7. The maximum Gasteiger partial charge on any atom is 0.309 e. The van der Waals surface area contributed by atoms with Gasteiger partial charge in [-0.2, -0.15) is 10.1 Å². The molecule has 0 N–H and O–H groups in total. The van der Waals surface area contributed by atoms with Crippen LogP contribution in [0.1, 0.15) is 45.1 Å². The number of hydrogen-bond donors (Lipinski definition) is 0. The number of amidine groups is 1. The van der Waals surface area contributed by atoms with Crippen LogP contribution in [0.5, 0.6) is 5.75 Å². The molecule has 1 aromatic heterocycles. The van der Waals surface area contributed by atoms with Gasteiger partial charge in [0, 0.05) is 30.4 Å². The fourth-order valence-electron chi connectivity index (χ4n) is 4.74. The molecule has 40 heavy (non-hydrogen) atoms. The van der Waals surface area contributed by atoms with Crippen molar-refractivity contribution < 1.29 is 19.1 Å². The Kier molecular flexibility index (Phi) is 9.01. The summed E-state index contributed by atoms with van der Waals surface area (Å²) in [5, 5.41) is 5.59. The van der Waals surface area contributed by atoms with Gasteiger partial charge in [0.25, 0.3) is 5.91 Å². The van der Waals surface area contributed by atoms with E-state index < -0.39 is 0 Å². The molecular weight excluding hydrogens is 524 g/mol. The van der Waals surface area contributed by atoms with Gasteiger partial charge in [-0.15, -0.1) is 0 Å². The van der Waals surface area contributed by atoms with E-state index in [1.54, 1.807) is 0 Å². The van der Waals surface area contributed by atoms with E-state index in [0.29, 0.717) is 49.2 Å². The van der Waals surface area contributed by atoms with Gasteiger partial charge >= 0.3 is 5.97 Å². The summed E-state index contributed by atoms with van der Waals surface area (Å²) in [6, 6.07) is 17.8. The normalized spacial score (nSPS) is 16.9. The molecule has 0 saturated carbocycles. The van der Waals surface area contributed by atoms with E-state index in [-0.39, 0.29) is 17.8 Å². The zero-order valence-corrected chi connectivity index (χ0v) is 23.7. The summed E-state index contributed by atoms with van der Waals surface area (Å²) in [4.78, 5) is 32.1. The third kappa shape index (κ3) is 6.47. The first-order valence-electron chi connectivity index (χ1n) is 13.9. The molecule has 1 amide bonds. The summed E-state index contributed by atoms with van der Waals surface area (Å²) in [6.45, 7) is 6.35. The Morgan fingerprint density at radius 3 is 2.65 bits per heavy atom. The topological polar surface area (TPSA) is 86.0 Å². The quantitative estimate of drug-likeness (QED) is 0.182. The SMILES string of the molecule is CCCCOc1cccc(-c2nn(-c3ccccc3)cc2/C=C2\SC(N3CCC(C(=O)OCC)CC3)=NC2=O)c1. The van der Waals surface area contributed by atoms with Crippen LogP contribution in [0.2, 0.25) is 0 Å². The predicted molar refractivity (Wildman–Crippen MR) is 158 cm³/mol. The minimum Gasteiger partial charge on any atom is -0.494 e. The Balaban J connectivity index is 1.38. The summed E-state index contributed by atoms with van der Waals surface area (Å²) in [5.41, 5.74) is 3.42. The summed E-state index contributed by atoms with van der Waals surface area (Å²) >= 11 is 1.38. The number of ether oxygens (including phenoxy) is 2. The van der Waals surface area contributed by atoms with Crippen molar-refractivity contribution in [2.75, 3.05) is 26.3 Å². The molecule has 0 aliphatic carbocycles. The maximum atomic E-state index is 13.0. The molecule has 2 aliphatic rings. The van der Waals surface area contributed by atoms with Crippen LogP contribution in [0.25, 0.3) is 23.0 Å². The van der Waals surface area contributed by atoms with Crippen LogP contribution in [0, 0.1) is 5.92 Å². The van der Waals surface area contributed by atoms with Crippen molar-refractivity contribution in [1.82, 2.24) is 14.7 Å². The summed E-state index contributed by atoms with van der Waals surface area (Å²) in [7, 11) is 0. The summed E-state index contributed by atoms with van der Waals surface area (Å²) in [6.07, 6.45) is 7.26. The maximum absolute atomic E-state index is 13.0. The van der Waals surface area contributed by atoms with Crippen molar-refractivity contribution >= 4 is 34.9 Å². The molecule has 0 spiro atoms. The van der Waals surface area contributed by atoms with Crippen molar-refractivity contribution in [3.05, 3.63) is 71.3 Å².